The minimum atomic E-state index is 0.440. The molecule has 1 aromatic rings. The Kier molecular flexibility index (Phi) is 6.87. The molecule has 1 aromatic carbocycles. The van der Waals surface area contributed by atoms with Crippen molar-refractivity contribution < 1.29 is 4.74 Å². The van der Waals surface area contributed by atoms with Gasteiger partial charge in [-0.2, -0.15) is 11.8 Å². The third-order valence-electron chi connectivity index (χ3n) is 3.86. The maximum Gasteiger partial charge on any atom is 0.0594 e. The standard InChI is InChI=1S/C16H26N2OS/c1-14(18-8-10-19-11-9-18)12-17-16(13-20-2)15-6-4-3-5-7-15/h3-7,14,16-17H,8-13H2,1-2H3. The molecule has 0 amide bonds. The first-order chi connectivity index (χ1) is 9.81. The zero-order valence-electron chi connectivity index (χ0n) is 12.5. The van der Waals surface area contributed by atoms with E-state index >= 15 is 0 Å². The highest BCUT2D eigenvalue weighted by molar-refractivity contribution is 7.98. The number of nitrogens with zero attached hydrogens (tertiary/aromatic N) is 1. The number of ether oxygens (including phenoxy) is 1. The molecule has 1 N–H and O–H groups in total. The predicted molar refractivity (Wildman–Crippen MR) is 87.4 cm³/mol. The summed E-state index contributed by atoms with van der Waals surface area (Å²) in [6, 6.07) is 11.8. The second-order valence-corrected chi connectivity index (χ2v) is 6.23. The van der Waals surface area contributed by atoms with E-state index in [-0.39, 0.29) is 0 Å². The molecular formula is C16H26N2OS. The lowest BCUT2D eigenvalue weighted by Crippen LogP contribution is -2.47. The fourth-order valence-corrected chi connectivity index (χ4v) is 3.23. The molecule has 2 atom stereocenters. The van der Waals surface area contributed by atoms with Gasteiger partial charge in [-0.05, 0) is 18.7 Å². The van der Waals surface area contributed by atoms with E-state index in [9.17, 15) is 0 Å². The number of nitrogens with one attached hydrogen (secondary N) is 1. The van der Waals surface area contributed by atoms with Crippen molar-refractivity contribution in [3.63, 3.8) is 0 Å². The second-order valence-electron chi connectivity index (χ2n) is 5.32. The number of hydrogen-bond donors (Lipinski definition) is 1. The van der Waals surface area contributed by atoms with Crippen LogP contribution in [-0.4, -0.2) is 55.8 Å². The Hall–Kier alpha value is -0.550. The number of morpholine rings is 1. The zero-order valence-corrected chi connectivity index (χ0v) is 13.4. The van der Waals surface area contributed by atoms with E-state index < -0.39 is 0 Å². The highest BCUT2D eigenvalue weighted by atomic mass is 32.2. The number of rotatable bonds is 7. The molecule has 0 radical (unpaired) electrons. The van der Waals surface area contributed by atoms with Gasteiger partial charge in [0.1, 0.15) is 0 Å². The average Bonchev–Trinajstić information content (AvgIpc) is 2.53. The van der Waals surface area contributed by atoms with Gasteiger partial charge in [0.05, 0.1) is 13.2 Å². The summed E-state index contributed by atoms with van der Waals surface area (Å²) < 4.78 is 5.42. The van der Waals surface area contributed by atoms with Crippen LogP contribution in [0, 0.1) is 0 Å². The molecule has 3 nitrogen and oxygen atoms in total. The third kappa shape index (κ3) is 4.77. The van der Waals surface area contributed by atoms with Crippen LogP contribution in [0.1, 0.15) is 18.5 Å². The van der Waals surface area contributed by atoms with Crippen LogP contribution < -0.4 is 5.32 Å². The topological polar surface area (TPSA) is 24.5 Å². The molecule has 0 aliphatic carbocycles. The molecule has 2 rings (SSSR count). The maximum atomic E-state index is 5.42. The zero-order chi connectivity index (χ0) is 14.2. The summed E-state index contributed by atoms with van der Waals surface area (Å²) in [5.41, 5.74) is 1.39. The Labute approximate surface area is 127 Å². The quantitative estimate of drug-likeness (QED) is 0.834. The van der Waals surface area contributed by atoms with E-state index in [1.54, 1.807) is 0 Å². The molecule has 0 bridgehead atoms. The molecule has 1 aliphatic heterocycles. The Morgan fingerprint density at radius 3 is 2.60 bits per heavy atom. The summed E-state index contributed by atoms with van der Waals surface area (Å²) in [5.74, 6) is 1.11. The normalized spacial score (nSPS) is 19.7. The molecule has 0 spiro atoms. The summed E-state index contributed by atoms with van der Waals surface area (Å²) in [6.07, 6.45) is 2.17. The first kappa shape index (κ1) is 15.8. The first-order valence-corrected chi connectivity index (χ1v) is 8.79. The van der Waals surface area contributed by atoms with Crippen LogP contribution in [0.3, 0.4) is 0 Å². The Morgan fingerprint density at radius 2 is 1.95 bits per heavy atom. The lowest BCUT2D eigenvalue weighted by Gasteiger charge is -2.33. The Morgan fingerprint density at radius 1 is 1.25 bits per heavy atom. The second kappa shape index (κ2) is 8.67. The molecule has 1 heterocycles. The van der Waals surface area contributed by atoms with Crippen LogP contribution in [0.25, 0.3) is 0 Å². The van der Waals surface area contributed by atoms with Crippen molar-refractivity contribution >= 4 is 11.8 Å². The van der Waals surface area contributed by atoms with Crippen LogP contribution in [0.15, 0.2) is 30.3 Å². The van der Waals surface area contributed by atoms with Gasteiger partial charge in [0.25, 0.3) is 0 Å². The monoisotopic (exact) mass is 294 g/mol. The summed E-state index contributed by atoms with van der Waals surface area (Å²) >= 11 is 1.90. The van der Waals surface area contributed by atoms with Crippen LogP contribution in [0.5, 0.6) is 0 Å². The van der Waals surface area contributed by atoms with Crippen molar-refractivity contribution in [1.29, 1.82) is 0 Å². The fourth-order valence-electron chi connectivity index (χ4n) is 2.59. The minimum absolute atomic E-state index is 0.440. The largest absolute Gasteiger partial charge is 0.379 e. The van der Waals surface area contributed by atoms with Crippen molar-refractivity contribution in [2.75, 3.05) is 44.9 Å². The Bertz CT molecular complexity index is 368. The van der Waals surface area contributed by atoms with E-state index in [2.05, 4.69) is 53.7 Å². The molecule has 112 valence electrons. The summed E-state index contributed by atoms with van der Waals surface area (Å²) in [6.45, 7) is 7.19. The summed E-state index contributed by atoms with van der Waals surface area (Å²) in [7, 11) is 0. The fraction of sp³-hybridized carbons (Fsp3) is 0.625. The van der Waals surface area contributed by atoms with Gasteiger partial charge in [0.15, 0.2) is 0 Å². The summed E-state index contributed by atoms with van der Waals surface area (Å²) in [4.78, 5) is 2.51. The van der Waals surface area contributed by atoms with Crippen molar-refractivity contribution in [3.8, 4) is 0 Å². The number of benzene rings is 1. The van der Waals surface area contributed by atoms with Gasteiger partial charge in [-0.1, -0.05) is 30.3 Å². The van der Waals surface area contributed by atoms with E-state index in [0.29, 0.717) is 12.1 Å². The van der Waals surface area contributed by atoms with Gasteiger partial charge in [-0.15, -0.1) is 0 Å². The predicted octanol–water partition coefficient (Wildman–Crippen LogP) is 2.40. The lowest BCUT2D eigenvalue weighted by atomic mass is 10.1. The molecule has 0 saturated carbocycles. The molecule has 20 heavy (non-hydrogen) atoms. The van der Waals surface area contributed by atoms with Crippen LogP contribution in [0.2, 0.25) is 0 Å². The van der Waals surface area contributed by atoms with Crippen molar-refractivity contribution in [2.24, 2.45) is 0 Å². The van der Waals surface area contributed by atoms with Gasteiger partial charge in [-0.25, -0.2) is 0 Å². The minimum Gasteiger partial charge on any atom is -0.379 e. The van der Waals surface area contributed by atoms with Gasteiger partial charge in [0, 0.05) is 37.5 Å². The van der Waals surface area contributed by atoms with E-state index in [0.717, 1.165) is 38.6 Å². The molecule has 1 aliphatic rings. The van der Waals surface area contributed by atoms with E-state index in [1.807, 2.05) is 11.8 Å². The molecule has 1 fully saturated rings. The van der Waals surface area contributed by atoms with Crippen molar-refractivity contribution in [2.45, 2.75) is 19.0 Å². The smallest absolute Gasteiger partial charge is 0.0594 e. The van der Waals surface area contributed by atoms with Crippen LogP contribution in [-0.2, 0) is 4.74 Å². The van der Waals surface area contributed by atoms with Gasteiger partial charge >= 0.3 is 0 Å². The third-order valence-corrected chi connectivity index (χ3v) is 4.53. The highest BCUT2D eigenvalue weighted by Crippen LogP contribution is 2.17. The summed E-state index contributed by atoms with van der Waals surface area (Å²) in [5, 5.41) is 3.73. The number of hydrogen-bond acceptors (Lipinski definition) is 4. The van der Waals surface area contributed by atoms with Crippen molar-refractivity contribution in [3.05, 3.63) is 35.9 Å². The number of thioether (sulfide) groups is 1. The van der Waals surface area contributed by atoms with E-state index in [1.165, 1.54) is 5.56 Å². The Balaban J connectivity index is 1.85. The maximum absolute atomic E-state index is 5.42. The van der Waals surface area contributed by atoms with Gasteiger partial charge in [0.2, 0.25) is 0 Å². The van der Waals surface area contributed by atoms with Crippen LogP contribution in [0.4, 0.5) is 0 Å². The first-order valence-electron chi connectivity index (χ1n) is 7.40. The lowest BCUT2D eigenvalue weighted by molar-refractivity contribution is 0.0200. The molecule has 0 aromatic heterocycles. The van der Waals surface area contributed by atoms with Gasteiger partial charge < -0.3 is 10.1 Å². The molecule has 4 heteroatoms. The molecule has 1 saturated heterocycles. The average molecular weight is 294 g/mol. The van der Waals surface area contributed by atoms with Gasteiger partial charge in [-0.3, -0.25) is 4.90 Å². The SMILES string of the molecule is CSCC(NCC(C)N1CCOCC1)c1ccccc1. The molecular weight excluding hydrogens is 268 g/mol. The van der Waals surface area contributed by atoms with Crippen LogP contribution >= 0.6 is 11.8 Å². The highest BCUT2D eigenvalue weighted by Gasteiger charge is 2.18. The van der Waals surface area contributed by atoms with Crippen molar-refractivity contribution in [1.82, 2.24) is 10.2 Å². The molecule has 2 unspecified atom stereocenters. The van der Waals surface area contributed by atoms with E-state index in [4.69, 9.17) is 4.74 Å².